The van der Waals surface area contributed by atoms with Crippen molar-refractivity contribution in [1.29, 1.82) is 0 Å². The Morgan fingerprint density at radius 1 is 1.12 bits per heavy atom. The van der Waals surface area contributed by atoms with Crippen LogP contribution in [0.1, 0.15) is 5.56 Å². The molecule has 0 aliphatic rings. The summed E-state index contributed by atoms with van der Waals surface area (Å²) in [5.74, 6) is 0. The van der Waals surface area contributed by atoms with Gasteiger partial charge in [0.05, 0.1) is 17.3 Å². The molecule has 9 nitrogen and oxygen atoms in total. The number of carbonyl (C=O) groups is 1. The molecule has 0 atom stereocenters. The van der Waals surface area contributed by atoms with E-state index < -0.39 is 15.9 Å². The Bertz CT molecular complexity index is 941. The third-order valence-electron chi connectivity index (χ3n) is 3.25. The number of nitrogens with zero attached hydrogens (tertiary/aromatic N) is 3. The van der Waals surface area contributed by atoms with E-state index in [9.17, 15) is 13.2 Å². The summed E-state index contributed by atoms with van der Waals surface area (Å²) in [7, 11) is -3.74. The minimum absolute atomic E-state index is 0.0670. The van der Waals surface area contributed by atoms with E-state index in [2.05, 4.69) is 30.8 Å². The summed E-state index contributed by atoms with van der Waals surface area (Å²) in [5, 5.41) is 11.6. The monoisotopic (exact) mass is 358 g/mol. The van der Waals surface area contributed by atoms with E-state index in [0.29, 0.717) is 12.2 Å². The number of sulfone groups is 1. The smallest absolute Gasteiger partial charge is 0.319 e. The zero-order chi connectivity index (χ0) is 17.7. The number of aromatic nitrogens is 4. The first-order valence-electron chi connectivity index (χ1n) is 7.19. The molecule has 0 unspecified atom stereocenters. The third kappa shape index (κ3) is 3.98. The molecular weight excluding hydrogens is 344 g/mol. The largest absolute Gasteiger partial charge is 0.334 e. The Morgan fingerprint density at radius 3 is 2.56 bits per heavy atom. The molecule has 10 heteroatoms. The minimum atomic E-state index is -3.74. The summed E-state index contributed by atoms with van der Waals surface area (Å²) in [6.45, 7) is 0.321. The predicted molar refractivity (Wildman–Crippen MR) is 88.4 cm³/mol. The zero-order valence-corrected chi connectivity index (χ0v) is 13.7. The molecule has 0 spiro atoms. The number of nitrogens with one attached hydrogen (secondary N) is 3. The molecule has 2 amide bonds. The third-order valence-corrected chi connectivity index (χ3v) is 4.90. The molecule has 25 heavy (non-hydrogen) atoms. The normalized spacial score (nSPS) is 11.0. The standard InChI is InChI=1S/C15H14N6O3S/c22-15(18-7-11-8-19-20-9-11)21-12-1-3-13(4-2-12)25(23,24)14-10-16-5-6-17-14/h1-6,8-10H,7H2,(H,19,20)(H2,18,21,22). The van der Waals surface area contributed by atoms with Crippen LogP contribution in [0.3, 0.4) is 0 Å². The molecular formula is C15H14N6O3S. The summed E-state index contributed by atoms with van der Waals surface area (Å²) in [6, 6.07) is 5.39. The van der Waals surface area contributed by atoms with Crippen molar-refractivity contribution in [3.8, 4) is 0 Å². The summed E-state index contributed by atoms with van der Waals surface area (Å²) in [5.41, 5.74) is 1.29. The maximum atomic E-state index is 12.4. The summed E-state index contributed by atoms with van der Waals surface area (Å²) < 4.78 is 24.8. The van der Waals surface area contributed by atoms with Crippen molar-refractivity contribution in [2.75, 3.05) is 5.32 Å². The quantitative estimate of drug-likeness (QED) is 0.631. The molecule has 2 heterocycles. The van der Waals surface area contributed by atoms with Crippen molar-refractivity contribution in [2.45, 2.75) is 16.5 Å². The molecule has 0 saturated carbocycles. The van der Waals surface area contributed by atoms with Crippen molar-refractivity contribution in [1.82, 2.24) is 25.5 Å². The summed E-state index contributed by atoms with van der Waals surface area (Å²) in [6.07, 6.45) is 7.17. The van der Waals surface area contributed by atoms with E-state index in [4.69, 9.17) is 0 Å². The highest BCUT2D eigenvalue weighted by atomic mass is 32.2. The van der Waals surface area contributed by atoms with Gasteiger partial charge in [0, 0.05) is 36.4 Å². The molecule has 0 radical (unpaired) electrons. The molecule has 1 aromatic carbocycles. The Labute approximate surface area is 143 Å². The van der Waals surface area contributed by atoms with Crippen molar-refractivity contribution in [3.05, 3.63) is 60.8 Å². The van der Waals surface area contributed by atoms with Gasteiger partial charge in [-0.1, -0.05) is 0 Å². The average molecular weight is 358 g/mol. The van der Waals surface area contributed by atoms with Gasteiger partial charge in [0.1, 0.15) is 0 Å². The van der Waals surface area contributed by atoms with Gasteiger partial charge in [-0.15, -0.1) is 0 Å². The van der Waals surface area contributed by atoms with Crippen LogP contribution in [0.2, 0.25) is 0 Å². The van der Waals surface area contributed by atoms with E-state index in [1.165, 1.54) is 42.9 Å². The van der Waals surface area contributed by atoms with Gasteiger partial charge in [-0.25, -0.2) is 18.2 Å². The van der Waals surface area contributed by atoms with Crippen molar-refractivity contribution in [2.24, 2.45) is 0 Å². The van der Waals surface area contributed by atoms with Crippen LogP contribution in [0.4, 0.5) is 10.5 Å². The van der Waals surface area contributed by atoms with E-state index >= 15 is 0 Å². The lowest BCUT2D eigenvalue weighted by molar-refractivity contribution is 0.251. The van der Waals surface area contributed by atoms with E-state index in [0.717, 1.165) is 5.56 Å². The maximum absolute atomic E-state index is 12.4. The van der Waals surface area contributed by atoms with Gasteiger partial charge in [0.25, 0.3) is 0 Å². The molecule has 3 rings (SSSR count). The van der Waals surface area contributed by atoms with E-state index in [1.54, 1.807) is 12.4 Å². The number of urea groups is 1. The van der Waals surface area contributed by atoms with Crippen molar-refractivity contribution >= 4 is 21.6 Å². The van der Waals surface area contributed by atoms with Crippen LogP contribution in [-0.2, 0) is 16.4 Å². The second kappa shape index (κ2) is 7.09. The molecule has 128 valence electrons. The second-order valence-corrected chi connectivity index (χ2v) is 6.88. The number of rotatable bonds is 5. The molecule has 0 aliphatic heterocycles. The SMILES string of the molecule is O=C(NCc1cn[nH]c1)Nc1ccc(S(=O)(=O)c2cnccn2)cc1. The van der Waals surface area contributed by atoms with Gasteiger partial charge in [0.15, 0.2) is 5.03 Å². The lowest BCUT2D eigenvalue weighted by Gasteiger charge is -2.08. The topological polar surface area (TPSA) is 130 Å². The number of aromatic amines is 1. The fraction of sp³-hybridized carbons (Fsp3) is 0.0667. The van der Waals surface area contributed by atoms with Gasteiger partial charge in [0.2, 0.25) is 9.84 Å². The van der Waals surface area contributed by atoms with Crippen LogP contribution >= 0.6 is 0 Å². The first-order valence-corrected chi connectivity index (χ1v) is 8.68. The fourth-order valence-corrected chi connectivity index (χ4v) is 3.13. The summed E-state index contributed by atoms with van der Waals surface area (Å²) >= 11 is 0. The molecule has 0 aliphatic carbocycles. The van der Waals surface area contributed by atoms with E-state index in [-0.39, 0.29) is 9.92 Å². The second-order valence-electron chi connectivity index (χ2n) is 4.99. The fourth-order valence-electron chi connectivity index (χ4n) is 1.99. The van der Waals surface area contributed by atoms with Crippen LogP contribution in [0.5, 0.6) is 0 Å². The Hall–Kier alpha value is -3.27. The molecule has 2 aromatic heterocycles. The maximum Gasteiger partial charge on any atom is 0.319 e. The molecule has 0 saturated heterocycles. The molecule has 3 aromatic rings. The first-order chi connectivity index (χ1) is 12.1. The van der Waals surface area contributed by atoms with Crippen LogP contribution in [0, 0.1) is 0 Å². The predicted octanol–water partition coefficient (Wildman–Crippen LogP) is 1.35. The lowest BCUT2D eigenvalue weighted by Crippen LogP contribution is -2.28. The van der Waals surface area contributed by atoms with Gasteiger partial charge in [-0.3, -0.25) is 10.1 Å². The van der Waals surface area contributed by atoms with Crippen molar-refractivity contribution in [3.63, 3.8) is 0 Å². The van der Waals surface area contributed by atoms with Crippen LogP contribution in [-0.4, -0.2) is 34.6 Å². The van der Waals surface area contributed by atoms with Gasteiger partial charge >= 0.3 is 6.03 Å². The number of carbonyl (C=O) groups excluding carboxylic acids is 1. The van der Waals surface area contributed by atoms with Gasteiger partial charge in [-0.05, 0) is 24.3 Å². The number of hydrogen-bond donors (Lipinski definition) is 3. The van der Waals surface area contributed by atoms with Crippen LogP contribution < -0.4 is 10.6 Å². The van der Waals surface area contributed by atoms with Crippen LogP contribution in [0.15, 0.2) is 65.2 Å². The number of H-pyrrole nitrogens is 1. The first kappa shape index (κ1) is 16.6. The highest BCUT2D eigenvalue weighted by Gasteiger charge is 2.19. The number of hydrogen-bond acceptors (Lipinski definition) is 6. The Morgan fingerprint density at radius 2 is 1.92 bits per heavy atom. The number of amides is 2. The van der Waals surface area contributed by atoms with E-state index in [1.807, 2.05) is 0 Å². The lowest BCUT2D eigenvalue weighted by atomic mass is 10.3. The molecule has 3 N–H and O–H groups in total. The van der Waals surface area contributed by atoms with Crippen molar-refractivity contribution < 1.29 is 13.2 Å². The highest BCUT2D eigenvalue weighted by molar-refractivity contribution is 7.91. The zero-order valence-electron chi connectivity index (χ0n) is 12.9. The number of anilines is 1. The van der Waals surface area contributed by atoms with Gasteiger partial charge in [-0.2, -0.15) is 5.10 Å². The minimum Gasteiger partial charge on any atom is -0.334 e. The highest BCUT2D eigenvalue weighted by Crippen LogP contribution is 2.20. The Balaban J connectivity index is 1.65. The molecule has 0 bridgehead atoms. The number of benzene rings is 1. The molecule has 0 fully saturated rings. The average Bonchev–Trinajstić information content (AvgIpc) is 3.15. The van der Waals surface area contributed by atoms with Gasteiger partial charge < -0.3 is 10.6 Å². The summed E-state index contributed by atoms with van der Waals surface area (Å²) in [4.78, 5) is 19.5. The van der Waals surface area contributed by atoms with Crippen LogP contribution in [0.25, 0.3) is 0 Å². The Kier molecular flexibility index (Phi) is 4.70.